The van der Waals surface area contributed by atoms with Crippen molar-refractivity contribution in [3.63, 3.8) is 0 Å². The van der Waals surface area contributed by atoms with Gasteiger partial charge >= 0.3 is 0 Å². The molecule has 0 fully saturated rings. The van der Waals surface area contributed by atoms with Crippen molar-refractivity contribution in [2.75, 3.05) is 20.2 Å². The van der Waals surface area contributed by atoms with Crippen molar-refractivity contribution < 1.29 is 13.9 Å². The third-order valence-electron chi connectivity index (χ3n) is 4.60. The summed E-state index contributed by atoms with van der Waals surface area (Å²) in [4.78, 5) is 6.51. The number of nitrogens with zero attached hydrogens (tertiary/aromatic N) is 4. The normalized spacial score (nSPS) is 17.6. The van der Waals surface area contributed by atoms with Crippen LogP contribution >= 0.6 is 11.6 Å². The maximum Gasteiger partial charge on any atom is 0.217 e. The van der Waals surface area contributed by atoms with Crippen LogP contribution in [-0.4, -0.2) is 39.7 Å². The standard InChI is InChI=1S/C19H18ClFN4O2/c1-11-13-10-22-25-7-6-16(23-19(13)25)27-12(2)17-15(26-9-8-24(11)3)5-4-14(21)18(17)20/h4-7,10,12H,1,8-9H2,2-3H3. The molecule has 0 radical (unpaired) electrons. The summed E-state index contributed by atoms with van der Waals surface area (Å²) in [5.74, 6) is 0.333. The molecule has 1 atom stereocenters. The molecule has 0 N–H and O–H groups in total. The Kier molecular flexibility index (Phi) is 4.39. The second-order valence-corrected chi connectivity index (χ2v) is 6.72. The Morgan fingerprint density at radius 1 is 1.33 bits per heavy atom. The minimum Gasteiger partial charge on any atom is -0.491 e. The summed E-state index contributed by atoms with van der Waals surface area (Å²) in [6.07, 6.45) is 2.91. The summed E-state index contributed by atoms with van der Waals surface area (Å²) in [5.41, 5.74) is 2.65. The summed E-state index contributed by atoms with van der Waals surface area (Å²) < 4.78 is 27.5. The van der Waals surface area contributed by atoms with Crippen LogP contribution in [0.15, 0.2) is 37.2 Å². The van der Waals surface area contributed by atoms with Crippen LogP contribution in [0.2, 0.25) is 5.02 Å². The number of rotatable bonds is 0. The Morgan fingerprint density at radius 2 is 2.15 bits per heavy atom. The third kappa shape index (κ3) is 3.08. The Bertz CT molecular complexity index is 1040. The number of likely N-dealkylation sites (N-methyl/N-ethyl adjacent to an activating group) is 1. The van der Waals surface area contributed by atoms with Crippen molar-refractivity contribution in [3.8, 4) is 11.6 Å². The van der Waals surface area contributed by atoms with Crippen molar-refractivity contribution in [2.24, 2.45) is 0 Å². The fraction of sp³-hybridized carbons (Fsp3) is 0.263. The number of aromatic nitrogens is 3. The smallest absolute Gasteiger partial charge is 0.217 e. The fourth-order valence-corrected chi connectivity index (χ4v) is 3.36. The first-order chi connectivity index (χ1) is 13.0. The number of fused-ring (bicyclic) bond motifs is 2. The Morgan fingerprint density at radius 3 is 2.96 bits per heavy atom. The molecule has 4 rings (SSSR count). The largest absolute Gasteiger partial charge is 0.491 e. The highest BCUT2D eigenvalue weighted by molar-refractivity contribution is 6.31. The zero-order valence-electron chi connectivity index (χ0n) is 14.9. The highest BCUT2D eigenvalue weighted by Crippen LogP contribution is 2.36. The summed E-state index contributed by atoms with van der Waals surface area (Å²) in [6.45, 7) is 6.86. The van der Waals surface area contributed by atoms with E-state index >= 15 is 0 Å². The SMILES string of the molecule is C=C1c2cnn3ccc(nc23)OC(C)c2c(ccc(F)c2Cl)OCCN1C. The maximum atomic E-state index is 14.0. The minimum atomic E-state index is -0.564. The molecular weight excluding hydrogens is 371 g/mol. The summed E-state index contributed by atoms with van der Waals surface area (Å²) in [6, 6.07) is 4.55. The van der Waals surface area contributed by atoms with E-state index in [4.69, 9.17) is 21.1 Å². The van der Waals surface area contributed by atoms with Gasteiger partial charge in [-0.3, -0.25) is 0 Å². The van der Waals surface area contributed by atoms with Gasteiger partial charge in [0.2, 0.25) is 5.88 Å². The topological polar surface area (TPSA) is 51.9 Å². The lowest BCUT2D eigenvalue weighted by Crippen LogP contribution is -2.23. The van der Waals surface area contributed by atoms with Crippen LogP contribution in [0, 0.1) is 5.82 Å². The van der Waals surface area contributed by atoms with E-state index in [0.717, 1.165) is 11.3 Å². The second kappa shape index (κ2) is 6.74. The number of benzene rings is 1. The maximum absolute atomic E-state index is 14.0. The van der Waals surface area contributed by atoms with Crippen LogP contribution < -0.4 is 9.47 Å². The van der Waals surface area contributed by atoms with E-state index < -0.39 is 11.9 Å². The summed E-state index contributed by atoms with van der Waals surface area (Å²) >= 11 is 6.22. The summed E-state index contributed by atoms with van der Waals surface area (Å²) in [5, 5.41) is 4.29. The Balaban J connectivity index is 1.85. The lowest BCUT2D eigenvalue weighted by molar-refractivity contribution is 0.206. The van der Waals surface area contributed by atoms with Gasteiger partial charge in [0.15, 0.2) is 5.65 Å². The van der Waals surface area contributed by atoms with Gasteiger partial charge in [-0.15, -0.1) is 0 Å². The molecule has 1 aliphatic rings. The molecule has 3 aromatic rings. The molecule has 140 valence electrons. The van der Waals surface area contributed by atoms with E-state index in [0.29, 0.717) is 36.0 Å². The lowest BCUT2D eigenvalue weighted by Gasteiger charge is -2.22. The second-order valence-electron chi connectivity index (χ2n) is 6.34. The Hall–Kier alpha value is -2.80. The van der Waals surface area contributed by atoms with Gasteiger partial charge in [0, 0.05) is 25.0 Å². The molecule has 0 aliphatic carbocycles. The number of halogens is 2. The molecular formula is C19H18ClFN4O2. The van der Waals surface area contributed by atoms with Crippen LogP contribution in [0.25, 0.3) is 11.3 Å². The van der Waals surface area contributed by atoms with Gasteiger partial charge in [0.1, 0.15) is 24.3 Å². The highest BCUT2D eigenvalue weighted by atomic mass is 35.5. The van der Waals surface area contributed by atoms with Crippen LogP contribution in [0.1, 0.15) is 24.2 Å². The van der Waals surface area contributed by atoms with Crippen LogP contribution in [0.4, 0.5) is 4.39 Å². The van der Waals surface area contributed by atoms with Gasteiger partial charge in [-0.25, -0.2) is 8.91 Å². The molecule has 1 aromatic carbocycles. The molecule has 0 amide bonds. The van der Waals surface area contributed by atoms with Crippen molar-refractivity contribution in [1.82, 2.24) is 19.5 Å². The van der Waals surface area contributed by atoms with Gasteiger partial charge in [-0.1, -0.05) is 18.2 Å². The fourth-order valence-electron chi connectivity index (χ4n) is 3.05. The van der Waals surface area contributed by atoms with Crippen molar-refractivity contribution in [1.29, 1.82) is 0 Å². The molecule has 6 nitrogen and oxygen atoms in total. The molecule has 2 bridgehead atoms. The zero-order chi connectivity index (χ0) is 19.1. The van der Waals surface area contributed by atoms with Gasteiger partial charge in [0.25, 0.3) is 0 Å². The average molecular weight is 389 g/mol. The monoisotopic (exact) mass is 388 g/mol. The van der Waals surface area contributed by atoms with Gasteiger partial charge in [-0.05, 0) is 19.1 Å². The molecule has 1 unspecified atom stereocenters. The first-order valence-electron chi connectivity index (χ1n) is 8.48. The molecule has 0 saturated carbocycles. The van der Waals surface area contributed by atoms with Crippen LogP contribution in [-0.2, 0) is 0 Å². The van der Waals surface area contributed by atoms with Crippen molar-refractivity contribution >= 4 is 22.9 Å². The molecule has 0 saturated heterocycles. The predicted octanol–water partition coefficient (Wildman–Crippen LogP) is 3.96. The molecule has 3 heterocycles. The average Bonchev–Trinajstić information content (AvgIpc) is 3.06. The van der Waals surface area contributed by atoms with Crippen LogP contribution in [0.3, 0.4) is 0 Å². The van der Waals surface area contributed by atoms with E-state index in [1.165, 1.54) is 6.07 Å². The van der Waals surface area contributed by atoms with E-state index in [2.05, 4.69) is 16.7 Å². The van der Waals surface area contributed by atoms with Gasteiger partial charge in [-0.2, -0.15) is 10.1 Å². The van der Waals surface area contributed by atoms with E-state index in [1.54, 1.807) is 36.0 Å². The van der Waals surface area contributed by atoms with E-state index in [9.17, 15) is 4.39 Å². The quantitative estimate of drug-likeness (QED) is 0.583. The van der Waals surface area contributed by atoms with Crippen molar-refractivity contribution in [2.45, 2.75) is 13.0 Å². The first kappa shape index (κ1) is 17.6. The Labute approximate surface area is 160 Å². The molecule has 0 spiro atoms. The highest BCUT2D eigenvalue weighted by Gasteiger charge is 2.22. The third-order valence-corrected chi connectivity index (χ3v) is 4.98. The van der Waals surface area contributed by atoms with E-state index in [1.807, 2.05) is 11.9 Å². The summed E-state index contributed by atoms with van der Waals surface area (Å²) in [7, 11) is 1.91. The van der Waals surface area contributed by atoms with Crippen LogP contribution in [0.5, 0.6) is 11.6 Å². The van der Waals surface area contributed by atoms with Crippen molar-refractivity contribution in [3.05, 3.63) is 59.1 Å². The number of hydrogen-bond acceptors (Lipinski definition) is 5. The number of hydrogen-bond donors (Lipinski definition) is 0. The van der Waals surface area contributed by atoms with E-state index in [-0.39, 0.29) is 5.02 Å². The first-order valence-corrected chi connectivity index (χ1v) is 8.85. The lowest BCUT2D eigenvalue weighted by atomic mass is 10.1. The minimum absolute atomic E-state index is 0.0150. The molecule has 8 heteroatoms. The molecule has 1 aliphatic heterocycles. The zero-order valence-corrected chi connectivity index (χ0v) is 15.7. The van der Waals surface area contributed by atoms with Gasteiger partial charge < -0.3 is 14.4 Å². The molecule has 2 aromatic heterocycles. The predicted molar refractivity (Wildman–Crippen MR) is 101 cm³/mol. The number of ether oxygens (including phenoxy) is 2. The van der Waals surface area contributed by atoms with Gasteiger partial charge in [0.05, 0.1) is 28.9 Å². The molecule has 27 heavy (non-hydrogen) atoms.